The molecule has 0 saturated heterocycles. The van der Waals surface area contributed by atoms with Gasteiger partial charge in [-0.15, -0.1) is 0 Å². The lowest BCUT2D eigenvalue weighted by atomic mass is 11.3. The first-order chi connectivity index (χ1) is 2.89. The van der Waals surface area contributed by atoms with Gasteiger partial charge < -0.3 is 4.52 Å². The normalized spacial score (nSPS) is 10.8. The van der Waals surface area contributed by atoms with Crippen LogP contribution in [-0.4, -0.2) is 10.1 Å². The van der Waals surface area contributed by atoms with Crippen molar-refractivity contribution in [2.75, 3.05) is 0 Å². The van der Waals surface area contributed by atoms with Gasteiger partial charge in [0, 0.05) is 0 Å². The Balaban J connectivity index is 3.05. The quantitative estimate of drug-likeness (QED) is 0.434. The second kappa shape index (κ2) is 0.839. The smallest absolute Gasteiger partial charge is 0.213 e. The van der Waals surface area contributed by atoms with Gasteiger partial charge in [-0.25, -0.2) is 4.98 Å². The Hall–Kier alpha value is -0.860. The van der Waals surface area contributed by atoms with Crippen LogP contribution >= 0.6 is 0 Å². The van der Waals surface area contributed by atoms with E-state index in [9.17, 15) is 0 Å². The van der Waals surface area contributed by atoms with Crippen LogP contribution in [0.25, 0.3) is 0 Å². The van der Waals surface area contributed by atoms with Crippen LogP contribution in [0.4, 0.5) is 0 Å². The molecule has 26 valence electrons. The number of aromatic nitrogens is 2. The summed E-state index contributed by atoms with van der Waals surface area (Å²) in [7, 11) is 0. The van der Waals surface area contributed by atoms with E-state index >= 15 is 0 Å². The maximum absolute atomic E-state index is 6.56. The first kappa shape index (κ1) is 1.55. The Bertz CT molecular complexity index is 115. The van der Waals surface area contributed by atoms with E-state index in [-0.39, 0.29) is 6.30 Å². The van der Waals surface area contributed by atoms with Gasteiger partial charge in [0.15, 0.2) is 6.30 Å². The molecule has 3 nitrogen and oxygen atoms in total. The van der Waals surface area contributed by atoms with Crippen LogP contribution in [0, 0.1) is 0 Å². The van der Waals surface area contributed by atoms with Crippen molar-refractivity contribution < 1.29 is 5.89 Å². The molecule has 0 amide bonds. The summed E-state index contributed by atoms with van der Waals surface area (Å²) in [6.07, 6.45) is 1.04. The first-order valence-electron chi connectivity index (χ1n) is 1.62. The molecule has 0 unspecified atom stereocenters. The maximum Gasteiger partial charge on any atom is 0.213 e. The van der Waals surface area contributed by atoms with E-state index in [4.69, 9.17) is 1.37 Å². The third-order valence-corrected chi connectivity index (χ3v) is 0.251. The Morgan fingerprint density at radius 3 is 3.20 bits per heavy atom. The predicted molar refractivity (Wildman–Crippen MR) is 14.3 cm³/mol. The zero-order chi connectivity index (χ0) is 4.41. The van der Waals surface area contributed by atoms with Gasteiger partial charge in [0.25, 0.3) is 0 Å². The SMILES string of the molecule is [2H]c1ncon1. The second-order valence-corrected chi connectivity index (χ2v) is 0.531. The summed E-state index contributed by atoms with van der Waals surface area (Å²) >= 11 is 0. The Kier molecular flexibility index (Phi) is 0.259. The summed E-state index contributed by atoms with van der Waals surface area (Å²) in [4.78, 5) is 3.31. The van der Waals surface area contributed by atoms with Gasteiger partial charge in [-0.3, -0.25) is 0 Å². The van der Waals surface area contributed by atoms with Gasteiger partial charge in [0.1, 0.15) is 1.37 Å². The molecule has 1 aromatic heterocycles. The fourth-order valence-corrected chi connectivity index (χ4v) is 0.118. The molecule has 0 atom stereocenters. The molecule has 0 spiro atoms. The monoisotopic (exact) mass is 71.0 g/mol. The highest BCUT2D eigenvalue weighted by atomic mass is 16.5. The van der Waals surface area contributed by atoms with Crippen molar-refractivity contribution in [1.29, 1.82) is 0 Å². The second-order valence-electron chi connectivity index (χ2n) is 0.531. The van der Waals surface area contributed by atoms with E-state index in [1.54, 1.807) is 0 Å². The van der Waals surface area contributed by atoms with Gasteiger partial charge >= 0.3 is 0 Å². The molecule has 1 aromatic rings. The number of nitrogens with zero attached hydrogens (tertiary/aromatic N) is 2. The number of hydrogen-bond acceptors (Lipinski definition) is 3. The first-order valence-corrected chi connectivity index (χ1v) is 1.12. The van der Waals surface area contributed by atoms with E-state index in [1.807, 2.05) is 0 Å². The average molecular weight is 71.1 g/mol. The van der Waals surface area contributed by atoms with Gasteiger partial charge in [-0.2, -0.15) is 0 Å². The van der Waals surface area contributed by atoms with Crippen molar-refractivity contribution in [3.8, 4) is 0 Å². The summed E-state index contributed by atoms with van der Waals surface area (Å²) < 4.78 is 10.7. The highest BCUT2D eigenvalue weighted by Crippen LogP contribution is 1.62. The topological polar surface area (TPSA) is 38.9 Å². The fraction of sp³-hybridized carbons (Fsp3) is 0. The van der Waals surface area contributed by atoms with Crippen LogP contribution in [-0.2, 0) is 0 Å². The third kappa shape index (κ3) is 0.238. The molecule has 0 aromatic carbocycles. The average Bonchev–Trinajstić information content (AvgIpc) is 1.86. The zero-order valence-electron chi connectivity index (χ0n) is 3.38. The molecular weight excluding hydrogens is 68.0 g/mol. The summed E-state index contributed by atoms with van der Waals surface area (Å²) in [6, 6.07) is 0. The molecule has 5 heavy (non-hydrogen) atoms. The molecule has 3 heteroatoms. The number of rotatable bonds is 0. The molecule has 0 bridgehead atoms. The van der Waals surface area contributed by atoms with Gasteiger partial charge in [-0.1, -0.05) is 5.16 Å². The molecule has 1 heterocycles. The lowest BCUT2D eigenvalue weighted by Gasteiger charge is -1.45. The van der Waals surface area contributed by atoms with Crippen LogP contribution in [0.2, 0.25) is 0 Å². The Labute approximate surface area is 30.0 Å². The van der Waals surface area contributed by atoms with Crippen molar-refractivity contribution in [2.45, 2.75) is 0 Å². The van der Waals surface area contributed by atoms with E-state index in [1.165, 1.54) is 0 Å². The largest absolute Gasteiger partial charge is 0.343 e. The van der Waals surface area contributed by atoms with Crippen molar-refractivity contribution in [1.82, 2.24) is 10.1 Å². The minimum Gasteiger partial charge on any atom is -0.343 e. The van der Waals surface area contributed by atoms with Crippen LogP contribution in [0.15, 0.2) is 17.2 Å². The van der Waals surface area contributed by atoms with E-state index in [0.29, 0.717) is 0 Å². The van der Waals surface area contributed by atoms with Crippen molar-refractivity contribution in [2.24, 2.45) is 0 Å². The summed E-state index contributed by atoms with van der Waals surface area (Å²) in [5.74, 6) is 0. The van der Waals surface area contributed by atoms with Crippen LogP contribution in [0.5, 0.6) is 0 Å². The van der Waals surface area contributed by atoms with Gasteiger partial charge in [0.05, 0.1) is 0 Å². The standard InChI is InChI=1S/C2H2N2O/c1-3-2-5-4-1/h1-2H/i1D. The van der Waals surface area contributed by atoms with Crippen LogP contribution in [0.1, 0.15) is 1.37 Å². The molecule has 0 aliphatic heterocycles. The summed E-state index contributed by atoms with van der Waals surface area (Å²) in [6.45, 7) is 0. The third-order valence-electron chi connectivity index (χ3n) is 0.251. The predicted octanol–water partition coefficient (Wildman–Crippen LogP) is 0.0696. The molecule has 1 rings (SSSR count). The highest BCUT2D eigenvalue weighted by Gasteiger charge is 1.60. The minimum absolute atomic E-state index is 0.0741. The molecular formula is C2H2N2O. The summed E-state index contributed by atoms with van der Waals surface area (Å²) in [5.41, 5.74) is 0. The minimum atomic E-state index is -0.0741. The lowest BCUT2D eigenvalue weighted by molar-refractivity contribution is 0.416. The van der Waals surface area contributed by atoms with Gasteiger partial charge in [-0.05, 0) is 0 Å². The molecule has 0 N–H and O–H groups in total. The molecule has 0 aliphatic carbocycles. The van der Waals surface area contributed by atoms with Crippen molar-refractivity contribution in [3.63, 3.8) is 0 Å². The highest BCUT2D eigenvalue weighted by molar-refractivity contribution is 4.35. The van der Waals surface area contributed by atoms with Crippen molar-refractivity contribution >= 4 is 0 Å². The fourth-order valence-electron chi connectivity index (χ4n) is 0.118. The van der Waals surface area contributed by atoms with E-state index in [0.717, 1.165) is 6.39 Å². The van der Waals surface area contributed by atoms with E-state index < -0.39 is 0 Å². The number of hydrogen-bond donors (Lipinski definition) is 0. The zero-order valence-corrected chi connectivity index (χ0v) is 2.38. The maximum atomic E-state index is 6.56. The van der Waals surface area contributed by atoms with Crippen molar-refractivity contribution in [3.05, 3.63) is 12.7 Å². The van der Waals surface area contributed by atoms with Gasteiger partial charge in [0.2, 0.25) is 6.39 Å². The summed E-state index contributed by atoms with van der Waals surface area (Å²) in [5, 5.41) is 3.10. The molecule has 0 fully saturated rings. The Morgan fingerprint density at radius 1 is 2.00 bits per heavy atom. The Morgan fingerprint density at radius 2 is 3.00 bits per heavy atom. The van der Waals surface area contributed by atoms with Crippen LogP contribution < -0.4 is 0 Å². The van der Waals surface area contributed by atoms with E-state index in [2.05, 4.69) is 14.7 Å². The molecule has 0 aliphatic rings. The molecule has 0 saturated carbocycles. The van der Waals surface area contributed by atoms with Crippen LogP contribution in [0.3, 0.4) is 0 Å². The molecule has 0 radical (unpaired) electrons. The lowest BCUT2D eigenvalue weighted by Crippen LogP contribution is -1.44.